The van der Waals surface area contributed by atoms with Crippen LogP contribution in [0.4, 0.5) is 0 Å². The highest BCUT2D eigenvalue weighted by molar-refractivity contribution is 6.29. The molecule has 0 radical (unpaired) electrons. The quantitative estimate of drug-likeness (QED) is 0.783. The van der Waals surface area contributed by atoms with Gasteiger partial charge in [0.2, 0.25) is 0 Å². The molecular weight excluding hydrogens is 212 g/mol. The first kappa shape index (κ1) is 10.4. The molecule has 0 aromatic carbocycles. The largest absolute Gasteiger partial charge is 0.349 e. The maximum atomic E-state index is 11.7. The predicted molar refractivity (Wildman–Crippen MR) is 58.9 cm³/mol. The van der Waals surface area contributed by atoms with Gasteiger partial charge >= 0.3 is 0 Å². The van der Waals surface area contributed by atoms with Gasteiger partial charge in [-0.1, -0.05) is 18.5 Å². The van der Waals surface area contributed by atoms with Crippen LogP contribution in [-0.4, -0.2) is 16.9 Å². The predicted octanol–water partition coefficient (Wildman–Crippen LogP) is 2.26. The summed E-state index contributed by atoms with van der Waals surface area (Å²) in [7, 11) is 0. The summed E-state index contributed by atoms with van der Waals surface area (Å²) in [6.07, 6.45) is 3.69. The third-order valence-corrected chi connectivity index (χ3v) is 2.90. The highest BCUT2D eigenvalue weighted by Crippen LogP contribution is 2.26. The molecule has 80 valence electrons. The van der Waals surface area contributed by atoms with Crippen LogP contribution in [0.25, 0.3) is 0 Å². The van der Waals surface area contributed by atoms with Crippen LogP contribution in [0, 0.1) is 5.92 Å². The lowest BCUT2D eigenvalue weighted by Gasteiger charge is -2.33. The van der Waals surface area contributed by atoms with Crippen LogP contribution in [0.1, 0.15) is 30.1 Å². The van der Waals surface area contributed by atoms with E-state index < -0.39 is 0 Å². The van der Waals surface area contributed by atoms with Crippen LogP contribution in [0.5, 0.6) is 0 Å². The molecule has 0 aliphatic heterocycles. The molecule has 0 bridgehead atoms. The molecule has 1 fully saturated rings. The van der Waals surface area contributed by atoms with E-state index in [-0.39, 0.29) is 5.91 Å². The number of nitrogens with one attached hydrogen (secondary N) is 1. The summed E-state index contributed by atoms with van der Waals surface area (Å²) in [5.74, 6) is 0.674. The van der Waals surface area contributed by atoms with Gasteiger partial charge in [0.15, 0.2) is 0 Å². The monoisotopic (exact) mass is 224 g/mol. The Morgan fingerprint density at radius 3 is 2.93 bits per heavy atom. The molecule has 15 heavy (non-hydrogen) atoms. The van der Waals surface area contributed by atoms with Crippen molar-refractivity contribution in [1.82, 2.24) is 10.3 Å². The third kappa shape index (κ3) is 2.48. The maximum Gasteiger partial charge on any atom is 0.251 e. The summed E-state index contributed by atoms with van der Waals surface area (Å²) in [4.78, 5) is 15.5. The van der Waals surface area contributed by atoms with E-state index in [9.17, 15) is 4.79 Å². The maximum absolute atomic E-state index is 11.7. The van der Waals surface area contributed by atoms with Crippen LogP contribution >= 0.6 is 11.6 Å². The topological polar surface area (TPSA) is 42.0 Å². The number of hydrogen-bond acceptors (Lipinski definition) is 2. The number of carbonyl (C=O) groups excluding carboxylic acids is 1. The van der Waals surface area contributed by atoms with Crippen molar-refractivity contribution in [1.29, 1.82) is 0 Å². The van der Waals surface area contributed by atoms with E-state index in [2.05, 4.69) is 17.2 Å². The van der Waals surface area contributed by atoms with Crippen molar-refractivity contribution in [2.24, 2.45) is 5.92 Å². The van der Waals surface area contributed by atoms with Crippen molar-refractivity contribution in [2.75, 3.05) is 0 Å². The normalized spacial score (nSPS) is 24.4. The number of halogens is 1. The Hall–Kier alpha value is -1.09. The molecule has 1 heterocycles. The van der Waals surface area contributed by atoms with Gasteiger partial charge in [0.05, 0.1) is 0 Å². The fourth-order valence-electron chi connectivity index (χ4n) is 1.83. The number of pyridine rings is 1. The SMILES string of the molecule is CC1CC(NC(=O)c2ccnc(Cl)c2)C1. The molecule has 1 aromatic rings. The van der Waals surface area contributed by atoms with Gasteiger partial charge in [0.1, 0.15) is 5.15 Å². The van der Waals surface area contributed by atoms with E-state index in [1.807, 2.05) is 0 Å². The van der Waals surface area contributed by atoms with Gasteiger partial charge in [-0.2, -0.15) is 0 Å². The van der Waals surface area contributed by atoms with Gasteiger partial charge in [-0.05, 0) is 30.9 Å². The fourth-order valence-corrected chi connectivity index (χ4v) is 2.01. The number of amides is 1. The van der Waals surface area contributed by atoms with Crippen LogP contribution in [0.3, 0.4) is 0 Å². The Balaban J connectivity index is 1.96. The first-order valence-corrected chi connectivity index (χ1v) is 5.45. The molecular formula is C11H13ClN2O. The van der Waals surface area contributed by atoms with Crippen molar-refractivity contribution in [3.63, 3.8) is 0 Å². The van der Waals surface area contributed by atoms with Crippen LogP contribution < -0.4 is 5.32 Å². The molecule has 0 saturated heterocycles. The molecule has 1 N–H and O–H groups in total. The Morgan fingerprint density at radius 2 is 2.33 bits per heavy atom. The minimum absolute atomic E-state index is 0.0591. The summed E-state index contributed by atoms with van der Waals surface area (Å²) < 4.78 is 0. The zero-order valence-electron chi connectivity index (χ0n) is 8.53. The molecule has 1 aromatic heterocycles. The summed E-state index contributed by atoms with van der Waals surface area (Å²) in [6.45, 7) is 2.19. The smallest absolute Gasteiger partial charge is 0.251 e. The second-order valence-corrected chi connectivity index (χ2v) is 4.50. The average molecular weight is 225 g/mol. The summed E-state index contributed by atoms with van der Waals surface area (Å²) in [5.41, 5.74) is 0.578. The Kier molecular flexibility index (Phi) is 2.91. The lowest BCUT2D eigenvalue weighted by Crippen LogP contribution is -2.43. The van der Waals surface area contributed by atoms with E-state index in [0.717, 1.165) is 18.8 Å². The van der Waals surface area contributed by atoms with Gasteiger partial charge in [-0.25, -0.2) is 4.98 Å². The summed E-state index contributed by atoms with van der Waals surface area (Å²) in [5, 5.41) is 3.32. The molecule has 2 rings (SSSR count). The Morgan fingerprint density at radius 1 is 1.60 bits per heavy atom. The second-order valence-electron chi connectivity index (χ2n) is 4.11. The molecule has 0 spiro atoms. The molecule has 0 atom stereocenters. The van der Waals surface area contributed by atoms with Gasteiger partial charge in [-0.15, -0.1) is 0 Å². The highest BCUT2D eigenvalue weighted by atomic mass is 35.5. The second kappa shape index (κ2) is 4.19. The lowest BCUT2D eigenvalue weighted by atomic mass is 9.82. The number of aromatic nitrogens is 1. The Bertz CT molecular complexity index is 375. The lowest BCUT2D eigenvalue weighted by molar-refractivity contribution is 0.0896. The highest BCUT2D eigenvalue weighted by Gasteiger charge is 2.26. The van der Waals surface area contributed by atoms with Crippen molar-refractivity contribution >= 4 is 17.5 Å². The van der Waals surface area contributed by atoms with Crippen molar-refractivity contribution in [2.45, 2.75) is 25.8 Å². The third-order valence-electron chi connectivity index (χ3n) is 2.70. The summed E-state index contributed by atoms with van der Waals surface area (Å²) in [6, 6.07) is 3.59. The van der Waals surface area contributed by atoms with Crippen molar-refractivity contribution < 1.29 is 4.79 Å². The molecule has 1 amide bonds. The first-order valence-electron chi connectivity index (χ1n) is 5.07. The first-order chi connectivity index (χ1) is 7.15. The van der Waals surface area contributed by atoms with E-state index in [1.54, 1.807) is 18.3 Å². The zero-order valence-corrected chi connectivity index (χ0v) is 9.29. The standard InChI is InChI=1S/C11H13ClN2O/c1-7-4-9(5-7)14-11(15)8-2-3-13-10(12)6-8/h2-3,6-7,9H,4-5H2,1H3,(H,14,15). The number of carbonyl (C=O) groups is 1. The van der Waals surface area contributed by atoms with Gasteiger partial charge in [0.25, 0.3) is 5.91 Å². The number of hydrogen-bond donors (Lipinski definition) is 1. The minimum Gasteiger partial charge on any atom is -0.349 e. The number of nitrogens with zero attached hydrogens (tertiary/aromatic N) is 1. The van der Waals surface area contributed by atoms with E-state index in [1.165, 1.54) is 0 Å². The van der Waals surface area contributed by atoms with Crippen LogP contribution in [0.15, 0.2) is 18.3 Å². The van der Waals surface area contributed by atoms with E-state index in [0.29, 0.717) is 16.8 Å². The number of rotatable bonds is 2. The van der Waals surface area contributed by atoms with Crippen molar-refractivity contribution in [3.05, 3.63) is 29.0 Å². The molecule has 1 aliphatic carbocycles. The van der Waals surface area contributed by atoms with E-state index >= 15 is 0 Å². The van der Waals surface area contributed by atoms with E-state index in [4.69, 9.17) is 11.6 Å². The van der Waals surface area contributed by atoms with Gasteiger partial charge in [0, 0.05) is 17.8 Å². The molecule has 0 unspecified atom stereocenters. The molecule has 3 nitrogen and oxygen atoms in total. The summed E-state index contributed by atoms with van der Waals surface area (Å²) >= 11 is 5.71. The molecule has 1 saturated carbocycles. The van der Waals surface area contributed by atoms with Gasteiger partial charge < -0.3 is 5.32 Å². The molecule has 4 heteroatoms. The Labute approximate surface area is 93.8 Å². The van der Waals surface area contributed by atoms with Gasteiger partial charge in [-0.3, -0.25) is 4.79 Å². The van der Waals surface area contributed by atoms with Crippen LogP contribution in [0.2, 0.25) is 5.15 Å². The zero-order chi connectivity index (χ0) is 10.8. The molecule has 1 aliphatic rings. The van der Waals surface area contributed by atoms with Crippen LogP contribution in [-0.2, 0) is 0 Å². The van der Waals surface area contributed by atoms with Crippen molar-refractivity contribution in [3.8, 4) is 0 Å². The minimum atomic E-state index is -0.0591. The fraction of sp³-hybridized carbons (Fsp3) is 0.455. The average Bonchev–Trinajstić information content (AvgIpc) is 2.15.